The molecular weight excluding hydrogens is 244 g/mol. The maximum absolute atomic E-state index is 11.2. The highest BCUT2D eigenvalue weighted by molar-refractivity contribution is 5.91. The second-order valence-corrected chi connectivity index (χ2v) is 5.02. The molecule has 108 valence electrons. The van der Waals surface area contributed by atoms with E-state index in [2.05, 4.69) is 4.74 Å². The fraction of sp³-hybridized carbons (Fsp3) is 0.733. The Kier molecular flexibility index (Phi) is 7.94. The topological polar surface area (TPSA) is 52.6 Å². The van der Waals surface area contributed by atoms with Gasteiger partial charge >= 0.3 is 11.9 Å². The van der Waals surface area contributed by atoms with E-state index < -0.39 is 11.9 Å². The standard InChI is InChI=1S/C15H24O4/c1-18-14(16)10-11-15(17)19-12-6-5-9-13-7-3-2-4-8-13/h10-11,13H,2-9,12H2,1H3/b11-10+. The van der Waals surface area contributed by atoms with Crippen molar-refractivity contribution in [2.24, 2.45) is 5.92 Å². The second kappa shape index (κ2) is 9.59. The first-order chi connectivity index (χ1) is 9.22. The SMILES string of the molecule is COC(=O)/C=C/C(=O)OCCCCC1CCCCC1. The fourth-order valence-electron chi connectivity index (χ4n) is 2.44. The lowest BCUT2D eigenvalue weighted by atomic mass is 9.86. The second-order valence-electron chi connectivity index (χ2n) is 5.02. The summed E-state index contributed by atoms with van der Waals surface area (Å²) in [5.74, 6) is -0.152. The van der Waals surface area contributed by atoms with Crippen LogP contribution in [0.4, 0.5) is 0 Å². The molecule has 0 aromatic carbocycles. The molecule has 1 saturated carbocycles. The molecule has 1 fully saturated rings. The van der Waals surface area contributed by atoms with Crippen LogP contribution in [0, 0.1) is 5.92 Å². The molecule has 0 aromatic rings. The Balaban J connectivity index is 1.99. The first-order valence-corrected chi connectivity index (χ1v) is 7.15. The Bertz CT molecular complexity index is 303. The predicted octanol–water partition coefficient (Wildman–Crippen LogP) is 3.01. The number of carbonyl (C=O) groups is 2. The van der Waals surface area contributed by atoms with Gasteiger partial charge in [0.15, 0.2) is 0 Å². The third kappa shape index (κ3) is 7.65. The van der Waals surface area contributed by atoms with Crippen LogP contribution < -0.4 is 0 Å². The normalized spacial score (nSPS) is 16.5. The molecule has 0 aromatic heterocycles. The highest BCUT2D eigenvalue weighted by atomic mass is 16.5. The molecule has 4 nitrogen and oxygen atoms in total. The van der Waals surface area contributed by atoms with Gasteiger partial charge in [-0.2, -0.15) is 0 Å². The van der Waals surface area contributed by atoms with Crippen molar-refractivity contribution in [3.05, 3.63) is 12.2 Å². The predicted molar refractivity (Wildman–Crippen MR) is 72.5 cm³/mol. The first-order valence-electron chi connectivity index (χ1n) is 7.15. The van der Waals surface area contributed by atoms with Crippen LogP contribution in [0.5, 0.6) is 0 Å². The number of hydrogen-bond acceptors (Lipinski definition) is 4. The number of rotatable bonds is 7. The van der Waals surface area contributed by atoms with E-state index in [-0.39, 0.29) is 0 Å². The summed E-state index contributed by atoms with van der Waals surface area (Å²) in [6.07, 6.45) is 12.3. The lowest BCUT2D eigenvalue weighted by Gasteiger charge is -2.21. The molecule has 1 aliphatic carbocycles. The number of methoxy groups -OCH3 is 1. The zero-order valence-corrected chi connectivity index (χ0v) is 11.7. The van der Waals surface area contributed by atoms with Gasteiger partial charge in [-0.1, -0.05) is 38.5 Å². The molecule has 1 rings (SSSR count). The van der Waals surface area contributed by atoms with Crippen LogP contribution in [0.1, 0.15) is 51.4 Å². The third-order valence-corrected chi connectivity index (χ3v) is 3.53. The van der Waals surface area contributed by atoms with Crippen LogP contribution >= 0.6 is 0 Å². The Morgan fingerprint density at radius 3 is 2.42 bits per heavy atom. The maximum Gasteiger partial charge on any atom is 0.331 e. The van der Waals surface area contributed by atoms with Crippen LogP contribution in [0.25, 0.3) is 0 Å². The van der Waals surface area contributed by atoms with Gasteiger partial charge in [0.2, 0.25) is 0 Å². The molecule has 0 amide bonds. The van der Waals surface area contributed by atoms with E-state index in [9.17, 15) is 9.59 Å². The molecule has 0 unspecified atom stereocenters. The van der Waals surface area contributed by atoms with E-state index in [0.717, 1.165) is 30.9 Å². The van der Waals surface area contributed by atoms with Crippen LogP contribution in [-0.4, -0.2) is 25.7 Å². The van der Waals surface area contributed by atoms with Gasteiger partial charge < -0.3 is 9.47 Å². The summed E-state index contributed by atoms with van der Waals surface area (Å²) in [5.41, 5.74) is 0. The molecule has 0 heterocycles. The van der Waals surface area contributed by atoms with Crippen molar-refractivity contribution in [2.45, 2.75) is 51.4 Å². The van der Waals surface area contributed by atoms with Gasteiger partial charge in [0.1, 0.15) is 0 Å². The Morgan fingerprint density at radius 1 is 1.05 bits per heavy atom. The van der Waals surface area contributed by atoms with E-state index in [4.69, 9.17) is 4.74 Å². The number of ether oxygens (including phenoxy) is 2. The molecule has 0 spiro atoms. The molecule has 4 heteroatoms. The average molecular weight is 268 g/mol. The van der Waals surface area contributed by atoms with Gasteiger partial charge in [-0.05, 0) is 18.8 Å². The first kappa shape index (κ1) is 15.7. The maximum atomic E-state index is 11.2. The summed E-state index contributed by atoms with van der Waals surface area (Å²) >= 11 is 0. The van der Waals surface area contributed by atoms with Gasteiger partial charge in [0.25, 0.3) is 0 Å². The largest absolute Gasteiger partial charge is 0.466 e. The van der Waals surface area contributed by atoms with Crippen molar-refractivity contribution in [1.29, 1.82) is 0 Å². The van der Waals surface area contributed by atoms with Gasteiger partial charge in [-0.25, -0.2) is 9.59 Å². The molecule has 1 aliphatic rings. The smallest absolute Gasteiger partial charge is 0.331 e. The van der Waals surface area contributed by atoms with E-state index in [1.54, 1.807) is 0 Å². The number of unbranched alkanes of at least 4 members (excludes halogenated alkanes) is 1. The highest BCUT2D eigenvalue weighted by Crippen LogP contribution is 2.27. The van der Waals surface area contributed by atoms with Gasteiger partial charge in [-0.15, -0.1) is 0 Å². The van der Waals surface area contributed by atoms with Crippen molar-refractivity contribution < 1.29 is 19.1 Å². The zero-order valence-electron chi connectivity index (χ0n) is 11.7. The Morgan fingerprint density at radius 2 is 1.74 bits per heavy atom. The summed E-state index contributed by atoms with van der Waals surface area (Å²) in [6.45, 7) is 0.428. The summed E-state index contributed by atoms with van der Waals surface area (Å²) in [7, 11) is 1.27. The van der Waals surface area contributed by atoms with Gasteiger partial charge in [-0.3, -0.25) is 0 Å². The van der Waals surface area contributed by atoms with Crippen LogP contribution in [0.3, 0.4) is 0 Å². The molecule has 19 heavy (non-hydrogen) atoms. The molecule has 0 N–H and O–H groups in total. The summed E-state index contributed by atoms with van der Waals surface area (Å²) in [4.78, 5) is 22.0. The lowest BCUT2D eigenvalue weighted by Crippen LogP contribution is -2.07. The highest BCUT2D eigenvalue weighted by Gasteiger charge is 2.12. The van der Waals surface area contributed by atoms with E-state index in [1.807, 2.05) is 0 Å². The molecule has 0 radical (unpaired) electrons. The van der Waals surface area contributed by atoms with E-state index >= 15 is 0 Å². The quantitative estimate of drug-likeness (QED) is 0.404. The molecule has 0 aliphatic heterocycles. The van der Waals surface area contributed by atoms with Gasteiger partial charge in [0, 0.05) is 12.2 Å². The van der Waals surface area contributed by atoms with E-state index in [0.29, 0.717) is 6.61 Å². The van der Waals surface area contributed by atoms with Crippen molar-refractivity contribution in [3.63, 3.8) is 0 Å². The number of esters is 2. The monoisotopic (exact) mass is 268 g/mol. The van der Waals surface area contributed by atoms with Crippen molar-refractivity contribution in [1.82, 2.24) is 0 Å². The molecule has 0 bridgehead atoms. The van der Waals surface area contributed by atoms with Crippen LogP contribution in [-0.2, 0) is 19.1 Å². The van der Waals surface area contributed by atoms with Crippen molar-refractivity contribution in [2.75, 3.05) is 13.7 Å². The fourth-order valence-corrected chi connectivity index (χ4v) is 2.44. The lowest BCUT2D eigenvalue weighted by molar-refractivity contribution is -0.139. The number of hydrogen-bond donors (Lipinski definition) is 0. The molecule has 0 atom stereocenters. The van der Waals surface area contributed by atoms with Crippen LogP contribution in [0.15, 0.2) is 12.2 Å². The Labute approximate surface area is 115 Å². The van der Waals surface area contributed by atoms with Crippen molar-refractivity contribution >= 4 is 11.9 Å². The number of carbonyl (C=O) groups excluding carboxylic acids is 2. The van der Waals surface area contributed by atoms with Gasteiger partial charge in [0.05, 0.1) is 13.7 Å². The Hall–Kier alpha value is -1.32. The molecular formula is C15H24O4. The molecule has 0 saturated heterocycles. The van der Waals surface area contributed by atoms with Crippen molar-refractivity contribution in [3.8, 4) is 0 Å². The minimum absolute atomic E-state index is 0.428. The summed E-state index contributed by atoms with van der Waals surface area (Å²) in [5, 5.41) is 0. The zero-order chi connectivity index (χ0) is 13.9. The third-order valence-electron chi connectivity index (χ3n) is 3.53. The minimum Gasteiger partial charge on any atom is -0.466 e. The summed E-state index contributed by atoms with van der Waals surface area (Å²) in [6, 6.07) is 0. The average Bonchev–Trinajstić information content (AvgIpc) is 2.45. The minimum atomic E-state index is -0.547. The summed E-state index contributed by atoms with van der Waals surface area (Å²) < 4.78 is 9.37. The van der Waals surface area contributed by atoms with E-state index in [1.165, 1.54) is 45.6 Å². The van der Waals surface area contributed by atoms with Crippen LogP contribution in [0.2, 0.25) is 0 Å².